The van der Waals surface area contributed by atoms with Crippen LogP contribution in [0.3, 0.4) is 0 Å². The molecule has 0 aliphatic rings. The summed E-state index contributed by atoms with van der Waals surface area (Å²) in [5, 5.41) is 14.5. The van der Waals surface area contributed by atoms with Crippen molar-refractivity contribution in [3.05, 3.63) is 65.7 Å². The third kappa shape index (κ3) is 4.97. The molecule has 9 heteroatoms. The molecular formula is C23H24N4O3S2. The molecule has 0 amide bonds. The van der Waals surface area contributed by atoms with Crippen LogP contribution in [0, 0.1) is 0 Å². The Kier molecular flexibility index (Phi) is 6.00. The number of rotatable bonds is 6. The van der Waals surface area contributed by atoms with E-state index in [0.717, 1.165) is 32.6 Å². The van der Waals surface area contributed by atoms with E-state index in [1.807, 2.05) is 56.5 Å². The standard InChI is InChI=1S/C23H24N4O3S2/c1-23(2,3)27-32(29,30)18-9-5-7-16(11-18)19-14-31-20-12-24-22(26-21(19)20)25-17-8-4-6-15(10-17)13-28/h4-12,14,27-28H,13H2,1-3H3,(H,24,25,26). The SMILES string of the molecule is CC(C)(C)NS(=O)(=O)c1cccc(-c2csc3cnc(Nc4cccc(CO)c4)nc23)c1. The predicted molar refractivity (Wildman–Crippen MR) is 129 cm³/mol. The first kappa shape index (κ1) is 22.3. The van der Waals surface area contributed by atoms with Gasteiger partial charge in [-0.3, -0.25) is 0 Å². The number of aliphatic hydroxyl groups is 1. The number of aromatic nitrogens is 2. The van der Waals surface area contributed by atoms with E-state index >= 15 is 0 Å². The third-order valence-electron chi connectivity index (χ3n) is 4.58. The minimum absolute atomic E-state index is 0.0482. The van der Waals surface area contributed by atoms with Crippen LogP contribution in [-0.4, -0.2) is 29.0 Å². The Balaban J connectivity index is 1.70. The Morgan fingerprint density at radius 3 is 2.62 bits per heavy atom. The number of hydrogen-bond donors (Lipinski definition) is 3. The molecule has 4 aromatic rings. The number of nitrogens with one attached hydrogen (secondary N) is 2. The Labute approximate surface area is 191 Å². The quantitative estimate of drug-likeness (QED) is 0.380. The molecule has 166 valence electrons. The van der Waals surface area contributed by atoms with Crippen LogP contribution in [0.2, 0.25) is 0 Å². The van der Waals surface area contributed by atoms with Crippen molar-refractivity contribution in [3.8, 4) is 11.1 Å². The fourth-order valence-electron chi connectivity index (χ4n) is 3.26. The fraction of sp³-hybridized carbons (Fsp3) is 0.217. The van der Waals surface area contributed by atoms with Gasteiger partial charge in [0.15, 0.2) is 0 Å². The van der Waals surface area contributed by atoms with Crippen LogP contribution in [0.4, 0.5) is 11.6 Å². The van der Waals surface area contributed by atoms with Crippen molar-refractivity contribution in [1.29, 1.82) is 0 Å². The summed E-state index contributed by atoms with van der Waals surface area (Å²) in [4.78, 5) is 9.26. The summed E-state index contributed by atoms with van der Waals surface area (Å²) in [7, 11) is -3.65. The van der Waals surface area contributed by atoms with E-state index in [0.29, 0.717) is 5.95 Å². The van der Waals surface area contributed by atoms with Gasteiger partial charge in [0.25, 0.3) is 0 Å². The topological polar surface area (TPSA) is 104 Å². The van der Waals surface area contributed by atoms with E-state index < -0.39 is 15.6 Å². The third-order valence-corrected chi connectivity index (χ3v) is 7.24. The van der Waals surface area contributed by atoms with E-state index in [-0.39, 0.29) is 11.5 Å². The maximum atomic E-state index is 12.8. The number of anilines is 2. The van der Waals surface area contributed by atoms with Crippen LogP contribution in [0.1, 0.15) is 26.3 Å². The van der Waals surface area contributed by atoms with Gasteiger partial charge in [-0.15, -0.1) is 11.3 Å². The van der Waals surface area contributed by atoms with Crippen molar-refractivity contribution >= 4 is 43.2 Å². The number of benzene rings is 2. The summed E-state index contributed by atoms with van der Waals surface area (Å²) in [6.07, 6.45) is 1.75. The van der Waals surface area contributed by atoms with Crippen LogP contribution in [-0.2, 0) is 16.6 Å². The average molecular weight is 469 g/mol. The second-order valence-corrected chi connectivity index (χ2v) is 11.0. The van der Waals surface area contributed by atoms with E-state index in [2.05, 4.69) is 20.0 Å². The minimum atomic E-state index is -3.65. The van der Waals surface area contributed by atoms with Crippen molar-refractivity contribution in [2.75, 3.05) is 5.32 Å². The van der Waals surface area contributed by atoms with Crippen molar-refractivity contribution in [1.82, 2.24) is 14.7 Å². The van der Waals surface area contributed by atoms with Gasteiger partial charge in [0.05, 0.1) is 27.9 Å². The lowest BCUT2D eigenvalue weighted by Crippen LogP contribution is -2.40. The van der Waals surface area contributed by atoms with Gasteiger partial charge in [-0.2, -0.15) is 0 Å². The van der Waals surface area contributed by atoms with Crippen LogP contribution < -0.4 is 10.0 Å². The highest BCUT2D eigenvalue weighted by atomic mass is 32.2. The van der Waals surface area contributed by atoms with Gasteiger partial charge in [-0.25, -0.2) is 23.1 Å². The highest BCUT2D eigenvalue weighted by molar-refractivity contribution is 7.89. The van der Waals surface area contributed by atoms with Crippen molar-refractivity contribution < 1.29 is 13.5 Å². The average Bonchev–Trinajstić information content (AvgIpc) is 3.15. The molecule has 0 spiro atoms. The highest BCUT2D eigenvalue weighted by Crippen LogP contribution is 2.34. The summed E-state index contributed by atoms with van der Waals surface area (Å²) >= 11 is 1.50. The monoisotopic (exact) mass is 468 g/mol. The Hall–Kier alpha value is -2.85. The minimum Gasteiger partial charge on any atom is -0.392 e. The first-order chi connectivity index (χ1) is 15.1. The molecule has 2 aromatic carbocycles. The molecule has 0 atom stereocenters. The Bertz CT molecular complexity index is 1380. The van der Waals surface area contributed by atoms with Crippen molar-refractivity contribution in [3.63, 3.8) is 0 Å². The molecule has 0 aliphatic carbocycles. The molecule has 3 N–H and O–H groups in total. The molecule has 0 bridgehead atoms. The lowest BCUT2D eigenvalue weighted by molar-refractivity contribution is 0.282. The Morgan fingerprint density at radius 2 is 1.88 bits per heavy atom. The van der Waals surface area contributed by atoms with E-state index in [4.69, 9.17) is 0 Å². The lowest BCUT2D eigenvalue weighted by Gasteiger charge is -2.20. The second-order valence-electron chi connectivity index (χ2n) is 8.42. The number of nitrogens with zero attached hydrogens (tertiary/aromatic N) is 2. The molecule has 0 saturated heterocycles. The largest absolute Gasteiger partial charge is 0.392 e. The summed E-state index contributed by atoms with van der Waals surface area (Å²) in [5.74, 6) is 0.422. The van der Waals surface area contributed by atoms with Gasteiger partial charge >= 0.3 is 0 Å². The molecule has 2 heterocycles. The lowest BCUT2D eigenvalue weighted by atomic mass is 10.1. The van der Waals surface area contributed by atoms with E-state index in [1.54, 1.807) is 24.4 Å². The van der Waals surface area contributed by atoms with E-state index in [9.17, 15) is 13.5 Å². The zero-order valence-electron chi connectivity index (χ0n) is 18.0. The van der Waals surface area contributed by atoms with Crippen molar-refractivity contribution in [2.45, 2.75) is 37.8 Å². The molecule has 7 nitrogen and oxygen atoms in total. The molecular weight excluding hydrogens is 444 g/mol. The summed E-state index contributed by atoms with van der Waals surface area (Å²) in [6, 6.07) is 14.2. The first-order valence-corrected chi connectivity index (χ1v) is 12.4. The second kappa shape index (κ2) is 8.59. The normalized spacial score (nSPS) is 12.2. The van der Waals surface area contributed by atoms with Gasteiger partial charge in [0.1, 0.15) is 0 Å². The maximum Gasteiger partial charge on any atom is 0.241 e. The van der Waals surface area contributed by atoms with Gasteiger partial charge in [-0.1, -0.05) is 24.3 Å². The van der Waals surface area contributed by atoms with Crippen LogP contribution in [0.25, 0.3) is 21.3 Å². The molecule has 0 unspecified atom stereocenters. The number of fused-ring (bicyclic) bond motifs is 1. The highest BCUT2D eigenvalue weighted by Gasteiger charge is 2.22. The summed E-state index contributed by atoms with van der Waals surface area (Å²) in [6.45, 7) is 5.38. The molecule has 4 rings (SSSR count). The number of thiophene rings is 1. The predicted octanol–water partition coefficient (Wildman–Crippen LogP) is 4.67. The molecule has 0 aliphatic heterocycles. The van der Waals surface area contributed by atoms with Crippen LogP contribution in [0.5, 0.6) is 0 Å². The zero-order valence-corrected chi connectivity index (χ0v) is 19.6. The van der Waals surface area contributed by atoms with Gasteiger partial charge in [0, 0.05) is 22.2 Å². The zero-order chi connectivity index (χ0) is 22.9. The Morgan fingerprint density at radius 1 is 1.09 bits per heavy atom. The molecule has 2 aromatic heterocycles. The first-order valence-electron chi connectivity index (χ1n) is 10.0. The smallest absolute Gasteiger partial charge is 0.241 e. The number of aliphatic hydroxyl groups excluding tert-OH is 1. The molecule has 0 radical (unpaired) electrons. The van der Waals surface area contributed by atoms with Gasteiger partial charge in [0.2, 0.25) is 16.0 Å². The summed E-state index contributed by atoms with van der Waals surface area (Å²) < 4.78 is 29.1. The summed E-state index contributed by atoms with van der Waals surface area (Å²) in [5.41, 5.74) is 3.32. The molecule has 0 saturated carbocycles. The van der Waals surface area contributed by atoms with Gasteiger partial charge < -0.3 is 10.4 Å². The molecule has 32 heavy (non-hydrogen) atoms. The van der Waals surface area contributed by atoms with Crippen molar-refractivity contribution in [2.24, 2.45) is 0 Å². The molecule has 0 fully saturated rings. The maximum absolute atomic E-state index is 12.8. The van der Waals surface area contributed by atoms with Crippen LogP contribution in [0.15, 0.2) is 65.0 Å². The fourth-order valence-corrected chi connectivity index (χ4v) is 5.60. The van der Waals surface area contributed by atoms with E-state index in [1.165, 1.54) is 11.3 Å². The number of hydrogen-bond acceptors (Lipinski definition) is 7. The van der Waals surface area contributed by atoms with Crippen LogP contribution >= 0.6 is 11.3 Å². The number of sulfonamides is 1. The van der Waals surface area contributed by atoms with Gasteiger partial charge in [-0.05, 0) is 56.2 Å².